The van der Waals surface area contributed by atoms with Crippen LogP contribution < -0.4 is 0 Å². The van der Waals surface area contributed by atoms with Gasteiger partial charge >= 0.3 is 23.9 Å². The Bertz CT molecular complexity index is 1090. The Kier molecular flexibility index (Phi) is 47.2. The molecule has 0 rings (SSSR count). The summed E-state index contributed by atoms with van der Waals surface area (Å²) in [6, 6.07) is 0. The van der Waals surface area contributed by atoms with Crippen LogP contribution in [0, 0.1) is 0 Å². The van der Waals surface area contributed by atoms with E-state index in [1.54, 1.807) is 0 Å². The molecule has 0 aliphatic heterocycles. The van der Waals surface area contributed by atoms with Crippen molar-refractivity contribution in [3.05, 3.63) is 48.6 Å². The van der Waals surface area contributed by atoms with Gasteiger partial charge in [0.05, 0.1) is 25.7 Å². The second-order valence-corrected chi connectivity index (χ2v) is 17.7. The van der Waals surface area contributed by atoms with Gasteiger partial charge in [-0.15, -0.1) is 0 Å². The molecule has 0 amide bonds. The van der Waals surface area contributed by atoms with Crippen LogP contribution in [0.3, 0.4) is 0 Å². The molecule has 11 heteroatoms. The molecule has 0 aromatic heterocycles. The fourth-order valence-electron chi connectivity index (χ4n) is 7.26. The summed E-state index contributed by atoms with van der Waals surface area (Å²) in [4.78, 5) is 57.1. The van der Waals surface area contributed by atoms with Crippen LogP contribution in [-0.2, 0) is 38.1 Å². The first-order chi connectivity index (χ1) is 32.2. The van der Waals surface area contributed by atoms with E-state index in [9.17, 15) is 19.2 Å². The number of carbonyl (C=O) groups excluding carboxylic acids is 4. The Morgan fingerprint density at radius 1 is 0.318 bits per heavy atom. The first-order valence-electron chi connectivity index (χ1n) is 26.6. The Balaban J connectivity index is 5.11. The highest BCUT2D eigenvalue weighted by Crippen LogP contribution is 2.08. The maximum atomic E-state index is 12.6. The molecular formula is C55H99N3O8. The normalized spacial score (nSPS) is 12.0. The molecule has 0 aliphatic rings. The van der Waals surface area contributed by atoms with Gasteiger partial charge < -0.3 is 33.6 Å². The minimum absolute atomic E-state index is 0.236. The number of ether oxygens (including phenoxy) is 4. The molecule has 0 saturated heterocycles. The van der Waals surface area contributed by atoms with Gasteiger partial charge in [0.25, 0.3) is 0 Å². The van der Waals surface area contributed by atoms with Crippen LogP contribution in [0.1, 0.15) is 195 Å². The third-order valence-electron chi connectivity index (χ3n) is 11.5. The lowest BCUT2D eigenvalue weighted by Gasteiger charge is -2.25. The Labute approximate surface area is 404 Å². The van der Waals surface area contributed by atoms with Gasteiger partial charge in [-0.3, -0.25) is 19.2 Å². The number of nitrogens with zero attached hydrogens (tertiary/aromatic N) is 3. The number of hydrogen-bond acceptors (Lipinski definition) is 11. The highest BCUT2D eigenvalue weighted by molar-refractivity contribution is 5.71. The van der Waals surface area contributed by atoms with Crippen LogP contribution >= 0.6 is 0 Å². The predicted octanol–water partition coefficient (Wildman–Crippen LogP) is 12.1. The van der Waals surface area contributed by atoms with Crippen LogP contribution in [0.5, 0.6) is 0 Å². The Morgan fingerprint density at radius 2 is 0.576 bits per heavy atom. The monoisotopic (exact) mass is 930 g/mol. The van der Waals surface area contributed by atoms with Crippen LogP contribution in [-0.4, -0.2) is 124 Å². The molecule has 0 fully saturated rings. The van der Waals surface area contributed by atoms with Crippen molar-refractivity contribution in [2.24, 2.45) is 0 Å². The largest absolute Gasteiger partial charge is 0.461 e. The molecular weight excluding hydrogens is 831 g/mol. The maximum Gasteiger partial charge on any atom is 0.307 e. The van der Waals surface area contributed by atoms with Gasteiger partial charge in [-0.1, -0.05) is 153 Å². The summed E-state index contributed by atoms with van der Waals surface area (Å²) in [6.07, 6.45) is 42.3. The summed E-state index contributed by atoms with van der Waals surface area (Å²) in [5, 5.41) is 0. The zero-order valence-corrected chi connectivity index (χ0v) is 43.1. The van der Waals surface area contributed by atoms with Crippen LogP contribution in [0.4, 0.5) is 0 Å². The van der Waals surface area contributed by atoms with Gasteiger partial charge in [0, 0.05) is 26.2 Å². The van der Waals surface area contributed by atoms with E-state index < -0.39 is 0 Å². The van der Waals surface area contributed by atoms with Crippen molar-refractivity contribution in [3.8, 4) is 0 Å². The lowest BCUT2D eigenvalue weighted by atomic mass is 10.1. The summed E-state index contributed by atoms with van der Waals surface area (Å²) >= 11 is 0. The molecule has 0 atom stereocenters. The first-order valence-corrected chi connectivity index (χ1v) is 26.6. The number of allylic oxidation sites excluding steroid dienone is 4. The molecule has 0 aromatic carbocycles. The minimum Gasteiger partial charge on any atom is -0.461 e. The molecule has 0 unspecified atom stereocenters. The second-order valence-electron chi connectivity index (χ2n) is 17.7. The van der Waals surface area contributed by atoms with E-state index in [1.807, 2.05) is 24.3 Å². The number of esters is 4. The molecule has 382 valence electrons. The van der Waals surface area contributed by atoms with Crippen molar-refractivity contribution in [1.82, 2.24) is 14.7 Å². The van der Waals surface area contributed by atoms with Crippen LogP contribution in [0.15, 0.2) is 48.6 Å². The van der Waals surface area contributed by atoms with Crippen molar-refractivity contribution in [2.45, 2.75) is 195 Å². The molecule has 0 aromatic rings. The Hall–Kier alpha value is -3.28. The molecule has 0 aliphatic carbocycles. The van der Waals surface area contributed by atoms with Gasteiger partial charge in [0.2, 0.25) is 0 Å². The summed E-state index contributed by atoms with van der Waals surface area (Å²) in [7, 11) is 2.10. The summed E-state index contributed by atoms with van der Waals surface area (Å²) in [5.74, 6) is -0.943. The third kappa shape index (κ3) is 45.9. The SMILES string of the molecule is CCCCCC/C=C/COC(=O)CCN(CCCN(C)CCCN(CCC(=O)OC/C=C/CCCCCC)CCC(=O)OC/C=C/CCCCCC)CCC(=O)OC/C=C/CCCCCC. The van der Waals surface area contributed by atoms with Crippen molar-refractivity contribution in [2.75, 3.05) is 85.8 Å². The quantitative estimate of drug-likeness (QED) is 0.0251. The highest BCUT2D eigenvalue weighted by atomic mass is 16.5. The number of hydrogen-bond donors (Lipinski definition) is 0. The van der Waals surface area contributed by atoms with Crippen molar-refractivity contribution in [3.63, 3.8) is 0 Å². The molecule has 0 saturated carbocycles. The van der Waals surface area contributed by atoms with Crippen LogP contribution in [0.25, 0.3) is 0 Å². The molecule has 0 heterocycles. The predicted molar refractivity (Wildman–Crippen MR) is 274 cm³/mol. The van der Waals surface area contributed by atoms with E-state index in [0.29, 0.717) is 26.2 Å². The fraction of sp³-hybridized carbons (Fsp3) is 0.782. The van der Waals surface area contributed by atoms with E-state index in [1.165, 1.54) is 77.0 Å². The summed E-state index contributed by atoms with van der Waals surface area (Å²) in [5.41, 5.74) is 0. The molecule has 0 N–H and O–H groups in total. The highest BCUT2D eigenvalue weighted by Gasteiger charge is 2.15. The molecule has 66 heavy (non-hydrogen) atoms. The average Bonchev–Trinajstić information content (AvgIpc) is 3.31. The van der Waals surface area contributed by atoms with Crippen LogP contribution in [0.2, 0.25) is 0 Å². The molecule has 0 radical (unpaired) electrons. The van der Waals surface area contributed by atoms with E-state index >= 15 is 0 Å². The summed E-state index contributed by atoms with van der Waals surface area (Å²) < 4.78 is 21.9. The number of rotatable bonds is 48. The van der Waals surface area contributed by atoms with E-state index in [-0.39, 0.29) is 76.0 Å². The molecule has 0 bridgehead atoms. The zero-order chi connectivity index (χ0) is 48.4. The lowest BCUT2D eigenvalue weighted by Crippen LogP contribution is -2.34. The van der Waals surface area contributed by atoms with Gasteiger partial charge in [-0.25, -0.2) is 0 Å². The summed E-state index contributed by atoms with van der Waals surface area (Å²) in [6.45, 7) is 15.2. The average molecular weight is 930 g/mol. The van der Waals surface area contributed by atoms with E-state index in [4.69, 9.17) is 18.9 Å². The zero-order valence-electron chi connectivity index (χ0n) is 43.1. The maximum absolute atomic E-state index is 12.6. The molecule has 0 spiro atoms. The molecule has 11 nitrogen and oxygen atoms in total. The van der Waals surface area contributed by atoms with Gasteiger partial charge in [0.15, 0.2) is 0 Å². The van der Waals surface area contributed by atoms with Gasteiger partial charge in [-0.05, 0) is 97.4 Å². The minimum atomic E-state index is -0.236. The van der Waals surface area contributed by atoms with Crippen molar-refractivity contribution in [1.29, 1.82) is 0 Å². The topological polar surface area (TPSA) is 115 Å². The van der Waals surface area contributed by atoms with Crippen molar-refractivity contribution >= 4 is 23.9 Å². The van der Waals surface area contributed by atoms with Gasteiger partial charge in [0.1, 0.15) is 26.4 Å². The Morgan fingerprint density at radius 3 is 0.818 bits per heavy atom. The third-order valence-corrected chi connectivity index (χ3v) is 11.5. The standard InChI is InChI=1S/C55H99N3O8/c1-6-10-14-18-22-26-30-48-63-52(59)36-44-57(45-37-53(60)64-49-31-27-23-19-15-11-7-2)42-34-40-56(5)41-35-43-58(46-38-54(61)65-50-32-28-24-20-16-12-8-3)47-39-55(62)66-51-33-29-25-21-17-13-9-4/h26-33H,6-25,34-51H2,1-5H3/b30-26+,31-27+,32-28+,33-29+. The first kappa shape index (κ1) is 62.7. The number of carbonyl (C=O) groups is 4. The van der Waals surface area contributed by atoms with E-state index in [2.05, 4.69) is 73.7 Å². The van der Waals surface area contributed by atoms with Crippen molar-refractivity contribution < 1.29 is 38.1 Å². The fourth-order valence-corrected chi connectivity index (χ4v) is 7.26. The van der Waals surface area contributed by atoms with E-state index in [0.717, 1.165) is 90.4 Å². The number of unbranched alkanes of at least 4 members (excludes halogenated alkanes) is 16. The second kappa shape index (κ2) is 49.6. The van der Waals surface area contributed by atoms with Gasteiger partial charge in [-0.2, -0.15) is 0 Å². The smallest absolute Gasteiger partial charge is 0.307 e. The lowest BCUT2D eigenvalue weighted by molar-refractivity contribution is -0.144.